The molecule has 16 heavy (non-hydrogen) atoms. The smallest absolute Gasteiger partial charge is 0.188 e. The standard InChI is InChI=1S/C12H22O4/c1-5-12(6-7-13)8(2)9-10(16-12)15-11(3,4)14-9/h8-10,13H,5-7H2,1-4H3/t8-,9-,10+,12-/m1/s1. The van der Waals surface area contributed by atoms with Crippen molar-refractivity contribution < 1.29 is 19.3 Å². The Kier molecular flexibility index (Phi) is 3.03. The molecule has 1 N–H and O–H groups in total. The van der Waals surface area contributed by atoms with E-state index in [-0.39, 0.29) is 30.5 Å². The van der Waals surface area contributed by atoms with E-state index >= 15 is 0 Å². The summed E-state index contributed by atoms with van der Waals surface area (Å²) in [6.45, 7) is 8.15. The van der Waals surface area contributed by atoms with Crippen LogP contribution in [0, 0.1) is 5.92 Å². The third kappa shape index (κ3) is 1.78. The summed E-state index contributed by atoms with van der Waals surface area (Å²) in [6, 6.07) is 0. The van der Waals surface area contributed by atoms with Gasteiger partial charge in [-0.05, 0) is 26.7 Å². The van der Waals surface area contributed by atoms with Gasteiger partial charge in [-0.3, -0.25) is 0 Å². The molecule has 0 aliphatic carbocycles. The van der Waals surface area contributed by atoms with Crippen molar-refractivity contribution in [1.82, 2.24) is 0 Å². The molecule has 0 amide bonds. The van der Waals surface area contributed by atoms with Crippen molar-refractivity contribution in [1.29, 1.82) is 0 Å². The number of hydrogen-bond acceptors (Lipinski definition) is 4. The lowest BCUT2D eigenvalue weighted by molar-refractivity contribution is -0.234. The van der Waals surface area contributed by atoms with Crippen LogP contribution in [-0.4, -0.2) is 35.5 Å². The highest BCUT2D eigenvalue weighted by atomic mass is 16.8. The Bertz CT molecular complexity index is 266. The first kappa shape index (κ1) is 12.3. The monoisotopic (exact) mass is 230 g/mol. The largest absolute Gasteiger partial charge is 0.396 e. The molecule has 0 aromatic heterocycles. The maximum absolute atomic E-state index is 9.15. The van der Waals surface area contributed by atoms with E-state index in [1.165, 1.54) is 0 Å². The molecule has 0 unspecified atom stereocenters. The van der Waals surface area contributed by atoms with E-state index in [0.29, 0.717) is 6.42 Å². The van der Waals surface area contributed by atoms with Gasteiger partial charge in [0.2, 0.25) is 0 Å². The van der Waals surface area contributed by atoms with Gasteiger partial charge in [0.05, 0.1) is 5.60 Å². The highest BCUT2D eigenvalue weighted by Crippen LogP contribution is 2.48. The summed E-state index contributed by atoms with van der Waals surface area (Å²) in [7, 11) is 0. The third-order valence-electron chi connectivity index (χ3n) is 3.90. The number of fused-ring (bicyclic) bond motifs is 1. The quantitative estimate of drug-likeness (QED) is 0.801. The second kappa shape index (κ2) is 3.95. The minimum Gasteiger partial charge on any atom is -0.396 e. The van der Waals surface area contributed by atoms with Gasteiger partial charge < -0.3 is 19.3 Å². The average molecular weight is 230 g/mol. The van der Waals surface area contributed by atoms with Crippen LogP contribution in [0.15, 0.2) is 0 Å². The van der Waals surface area contributed by atoms with Crippen LogP contribution in [0.3, 0.4) is 0 Å². The molecule has 0 spiro atoms. The van der Waals surface area contributed by atoms with E-state index in [0.717, 1.165) is 6.42 Å². The van der Waals surface area contributed by atoms with Crippen LogP contribution in [-0.2, 0) is 14.2 Å². The normalized spacial score (nSPS) is 45.9. The summed E-state index contributed by atoms with van der Waals surface area (Å²) >= 11 is 0. The summed E-state index contributed by atoms with van der Waals surface area (Å²) in [6.07, 6.45) is 1.22. The van der Waals surface area contributed by atoms with Crippen molar-refractivity contribution in [2.75, 3.05) is 6.61 Å². The predicted molar refractivity (Wildman–Crippen MR) is 58.8 cm³/mol. The molecule has 2 rings (SSSR count). The highest BCUT2D eigenvalue weighted by molar-refractivity contribution is 4.99. The van der Waals surface area contributed by atoms with Gasteiger partial charge in [-0.15, -0.1) is 0 Å². The molecule has 2 heterocycles. The lowest BCUT2D eigenvalue weighted by atomic mass is 9.82. The molecule has 2 aliphatic rings. The molecule has 4 atom stereocenters. The number of hydrogen-bond donors (Lipinski definition) is 1. The van der Waals surface area contributed by atoms with Crippen LogP contribution < -0.4 is 0 Å². The molecule has 0 bridgehead atoms. The van der Waals surface area contributed by atoms with Crippen LogP contribution in [0.5, 0.6) is 0 Å². The molecular formula is C12H22O4. The van der Waals surface area contributed by atoms with E-state index < -0.39 is 5.79 Å². The Morgan fingerprint density at radius 1 is 1.19 bits per heavy atom. The van der Waals surface area contributed by atoms with Crippen LogP contribution in [0.4, 0.5) is 0 Å². The van der Waals surface area contributed by atoms with Gasteiger partial charge in [-0.1, -0.05) is 13.8 Å². The first-order valence-corrected chi connectivity index (χ1v) is 6.08. The van der Waals surface area contributed by atoms with Crippen molar-refractivity contribution in [3.05, 3.63) is 0 Å². The van der Waals surface area contributed by atoms with Crippen molar-refractivity contribution in [3.8, 4) is 0 Å². The van der Waals surface area contributed by atoms with E-state index in [9.17, 15) is 0 Å². The van der Waals surface area contributed by atoms with Gasteiger partial charge >= 0.3 is 0 Å². The summed E-state index contributed by atoms with van der Waals surface area (Å²) in [5.41, 5.74) is -0.291. The molecule has 0 aromatic rings. The Labute approximate surface area is 96.9 Å². The van der Waals surface area contributed by atoms with Gasteiger partial charge in [-0.2, -0.15) is 0 Å². The zero-order chi connectivity index (χ0) is 12.0. The molecule has 0 saturated carbocycles. The highest BCUT2D eigenvalue weighted by Gasteiger charge is 2.58. The fraction of sp³-hybridized carbons (Fsp3) is 1.00. The predicted octanol–water partition coefficient (Wildman–Crippen LogP) is 1.66. The third-order valence-corrected chi connectivity index (χ3v) is 3.90. The number of aliphatic hydroxyl groups excluding tert-OH is 1. The molecular weight excluding hydrogens is 208 g/mol. The Morgan fingerprint density at radius 2 is 1.88 bits per heavy atom. The molecule has 0 radical (unpaired) electrons. The second-order valence-corrected chi connectivity index (χ2v) is 5.27. The van der Waals surface area contributed by atoms with Crippen molar-refractivity contribution >= 4 is 0 Å². The summed E-state index contributed by atoms with van der Waals surface area (Å²) in [5, 5.41) is 9.15. The van der Waals surface area contributed by atoms with Crippen LogP contribution in [0.1, 0.15) is 40.5 Å². The maximum atomic E-state index is 9.15. The van der Waals surface area contributed by atoms with Gasteiger partial charge in [0.1, 0.15) is 6.10 Å². The first-order valence-electron chi connectivity index (χ1n) is 6.08. The fourth-order valence-corrected chi connectivity index (χ4v) is 2.88. The SMILES string of the molecule is CC[C@]1(CCO)O[C@@H]2OC(C)(C)O[C@@H]2[C@H]1C. The minimum absolute atomic E-state index is 0.0125. The maximum Gasteiger partial charge on any atom is 0.188 e. The minimum atomic E-state index is -0.553. The van der Waals surface area contributed by atoms with Crippen LogP contribution in [0.25, 0.3) is 0 Å². The molecule has 2 saturated heterocycles. The fourth-order valence-electron chi connectivity index (χ4n) is 2.88. The Hall–Kier alpha value is -0.160. The van der Waals surface area contributed by atoms with Crippen molar-refractivity contribution in [3.63, 3.8) is 0 Å². The van der Waals surface area contributed by atoms with E-state index in [4.69, 9.17) is 19.3 Å². The molecule has 94 valence electrons. The Morgan fingerprint density at radius 3 is 2.38 bits per heavy atom. The molecule has 4 nitrogen and oxygen atoms in total. The van der Waals surface area contributed by atoms with E-state index in [1.54, 1.807) is 0 Å². The topological polar surface area (TPSA) is 47.9 Å². The number of aliphatic hydroxyl groups is 1. The van der Waals surface area contributed by atoms with Gasteiger partial charge in [0, 0.05) is 12.5 Å². The summed E-state index contributed by atoms with van der Waals surface area (Å²) < 4.78 is 17.6. The molecule has 2 aliphatic heterocycles. The lowest BCUT2D eigenvalue weighted by Gasteiger charge is -2.34. The molecule has 0 aromatic carbocycles. The second-order valence-electron chi connectivity index (χ2n) is 5.27. The average Bonchev–Trinajstić information content (AvgIpc) is 2.62. The van der Waals surface area contributed by atoms with Crippen LogP contribution >= 0.6 is 0 Å². The zero-order valence-electron chi connectivity index (χ0n) is 10.5. The van der Waals surface area contributed by atoms with E-state index in [1.807, 2.05) is 13.8 Å². The summed E-state index contributed by atoms with van der Waals surface area (Å²) in [5.74, 6) is -0.306. The van der Waals surface area contributed by atoms with Gasteiger partial charge in [-0.25, -0.2) is 0 Å². The Balaban J connectivity index is 2.14. The number of rotatable bonds is 3. The lowest BCUT2D eigenvalue weighted by Crippen LogP contribution is -2.39. The van der Waals surface area contributed by atoms with Crippen LogP contribution in [0.2, 0.25) is 0 Å². The molecule has 2 fully saturated rings. The first-order chi connectivity index (χ1) is 7.44. The van der Waals surface area contributed by atoms with Gasteiger partial charge in [0.25, 0.3) is 0 Å². The zero-order valence-corrected chi connectivity index (χ0v) is 10.5. The summed E-state index contributed by atoms with van der Waals surface area (Å²) in [4.78, 5) is 0. The molecule has 4 heteroatoms. The van der Waals surface area contributed by atoms with E-state index in [2.05, 4.69) is 13.8 Å². The number of ether oxygens (including phenoxy) is 3. The van der Waals surface area contributed by atoms with Gasteiger partial charge in [0.15, 0.2) is 12.1 Å². The van der Waals surface area contributed by atoms with Crippen molar-refractivity contribution in [2.24, 2.45) is 5.92 Å². The van der Waals surface area contributed by atoms with Crippen molar-refractivity contribution in [2.45, 2.75) is 64.3 Å².